The van der Waals surface area contributed by atoms with Crippen molar-refractivity contribution in [3.05, 3.63) is 0 Å². The molecule has 4 nitrogen and oxygen atoms in total. The van der Waals surface area contributed by atoms with E-state index >= 15 is 0 Å². The van der Waals surface area contributed by atoms with Crippen LogP contribution in [0.4, 0.5) is 0 Å². The van der Waals surface area contributed by atoms with Gasteiger partial charge in [-0.3, -0.25) is 9.36 Å². The van der Waals surface area contributed by atoms with Gasteiger partial charge in [-0.15, -0.1) is 0 Å². The molecule has 0 unspecified atom stereocenters. The van der Waals surface area contributed by atoms with Gasteiger partial charge in [-0.1, -0.05) is 45.4 Å². The van der Waals surface area contributed by atoms with Gasteiger partial charge in [-0.25, -0.2) is 0 Å². The van der Waals surface area contributed by atoms with E-state index in [-0.39, 0.29) is 11.9 Å². The zero-order valence-corrected chi connectivity index (χ0v) is 14.8. The largest absolute Gasteiger partial charge is 0.396 e. The molecular formula is C17H31O4P. The highest BCUT2D eigenvalue weighted by atomic mass is 31.2. The summed E-state index contributed by atoms with van der Waals surface area (Å²) < 4.78 is 24.0. The third-order valence-electron chi connectivity index (χ3n) is 5.02. The number of hydrogen-bond donors (Lipinski definition) is 0. The average molecular weight is 330 g/mol. The maximum atomic E-state index is 12.8. The Bertz CT molecular complexity index is 358. The maximum absolute atomic E-state index is 12.8. The first-order valence-electron chi connectivity index (χ1n) is 9.06. The molecule has 22 heavy (non-hydrogen) atoms. The summed E-state index contributed by atoms with van der Waals surface area (Å²) in [6.45, 7) is 2.55. The van der Waals surface area contributed by atoms with E-state index in [1.54, 1.807) is 6.92 Å². The quantitative estimate of drug-likeness (QED) is 0.566. The van der Waals surface area contributed by atoms with Crippen molar-refractivity contribution < 1.29 is 18.4 Å². The summed E-state index contributed by atoms with van der Waals surface area (Å²) in [4.78, 5) is 12.1. The summed E-state index contributed by atoms with van der Waals surface area (Å²) >= 11 is 0. The molecule has 5 heteroatoms. The van der Waals surface area contributed by atoms with E-state index in [1.807, 2.05) is 0 Å². The Morgan fingerprint density at radius 2 is 1.27 bits per heavy atom. The van der Waals surface area contributed by atoms with Gasteiger partial charge in [0.2, 0.25) is 5.52 Å². The molecule has 2 aliphatic rings. The van der Waals surface area contributed by atoms with E-state index in [4.69, 9.17) is 9.05 Å². The normalized spacial score (nSPS) is 21.9. The summed E-state index contributed by atoms with van der Waals surface area (Å²) in [5.41, 5.74) is -0.362. The topological polar surface area (TPSA) is 52.6 Å². The van der Waals surface area contributed by atoms with Crippen LogP contribution in [0.25, 0.3) is 0 Å². The lowest BCUT2D eigenvalue weighted by Gasteiger charge is -2.26. The zero-order valence-electron chi connectivity index (χ0n) is 13.9. The van der Waals surface area contributed by atoms with Crippen LogP contribution in [0.15, 0.2) is 0 Å². The van der Waals surface area contributed by atoms with Gasteiger partial charge in [0.15, 0.2) is 0 Å². The van der Waals surface area contributed by atoms with Crippen LogP contribution in [-0.4, -0.2) is 18.7 Å². The van der Waals surface area contributed by atoms with Gasteiger partial charge in [-0.05, 0) is 37.5 Å². The molecule has 2 aliphatic carbocycles. The molecule has 0 aromatic heterocycles. The summed E-state index contributed by atoms with van der Waals surface area (Å²) in [6.07, 6.45) is 12.1. The van der Waals surface area contributed by atoms with Crippen molar-refractivity contribution >= 4 is 13.1 Å². The molecule has 0 aromatic rings. The fourth-order valence-electron chi connectivity index (χ4n) is 3.49. The van der Waals surface area contributed by atoms with E-state index in [1.165, 1.54) is 38.5 Å². The van der Waals surface area contributed by atoms with Gasteiger partial charge in [0, 0.05) is 6.42 Å². The van der Waals surface area contributed by atoms with E-state index in [0.29, 0.717) is 25.0 Å². The Labute approximate surface area is 134 Å². The maximum Gasteiger partial charge on any atom is 0.396 e. The van der Waals surface area contributed by atoms with Crippen LogP contribution in [0.1, 0.15) is 77.6 Å². The Hall–Kier alpha value is -0.180. The summed E-state index contributed by atoms with van der Waals surface area (Å²) in [6, 6.07) is 0. The fraction of sp³-hybridized carbons (Fsp3) is 0.941. The molecule has 0 heterocycles. The van der Waals surface area contributed by atoms with Crippen molar-refractivity contribution in [2.45, 2.75) is 77.6 Å². The summed E-state index contributed by atoms with van der Waals surface area (Å²) in [5, 5.41) is 0. The molecule has 0 amide bonds. The van der Waals surface area contributed by atoms with Crippen molar-refractivity contribution in [2.24, 2.45) is 11.8 Å². The van der Waals surface area contributed by atoms with E-state index in [9.17, 15) is 9.36 Å². The first kappa shape index (κ1) is 18.2. The molecular weight excluding hydrogens is 299 g/mol. The Morgan fingerprint density at radius 1 is 0.864 bits per heavy atom. The lowest BCUT2D eigenvalue weighted by Crippen LogP contribution is -2.18. The second-order valence-electron chi connectivity index (χ2n) is 6.84. The predicted octanol–water partition coefficient (Wildman–Crippen LogP) is 5.31. The molecule has 2 saturated carbocycles. The highest BCUT2D eigenvalue weighted by Crippen LogP contribution is 2.51. The standard InChI is InChI=1S/C17H31O4P/c1-2-17(18)22(19,20-13-15-9-5-3-6-10-15)21-14-16-11-7-4-8-12-16/h15-16H,2-14H2,1H3. The predicted molar refractivity (Wildman–Crippen MR) is 88.0 cm³/mol. The SMILES string of the molecule is CCC(=O)P(=O)(OCC1CCCCC1)OCC1CCCCC1. The number of rotatable bonds is 8. The molecule has 2 rings (SSSR count). The molecule has 0 N–H and O–H groups in total. The summed E-state index contributed by atoms with van der Waals surface area (Å²) in [5.74, 6) is 0.870. The highest BCUT2D eigenvalue weighted by molar-refractivity contribution is 7.71. The molecule has 2 fully saturated rings. The van der Waals surface area contributed by atoms with Crippen LogP contribution in [-0.2, 0) is 18.4 Å². The number of hydrogen-bond acceptors (Lipinski definition) is 4. The molecule has 0 radical (unpaired) electrons. The van der Waals surface area contributed by atoms with Crippen molar-refractivity contribution in [3.8, 4) is 0 Å². The second kappa shape index (κ2) is 9.20. The van der Waals surface area contributed by atoms with Gasteiger partial charge in [0.25, 0.3) is 0 Å². The van der Waals surface area contributed by atoms with Crippen LogP contribution >= 0.6 is 7.60 Å². The molecule has 0 aromatic carbocycles. The Kier molecular flexibility index (Phi) is 7.59. The number of carbonyl (C=O) groups excluding carboxylic acids is 1. The van der Waals surface area contributed by atoms with Gasteiger partial charge < -0.3 is 9.05 Å². The molecule has 0 bridgehead atoms. The van der Waals surface area contributed by atoms with E-state index in [2.05, 4.69) is 0 Å². The lowest BCUT2D eigenvalue weighted by molar-refractivity contribution is -0.113. The van der Waals surface area contributed by atoms with Crippen LogP contribution in [0.5, 0.6) is 0 Å². The fourth-order valence-corrected chi connectivity index (χ4v) is 5.05. The molecule has 0 saturated heterocycles. The molecule has 0 spiro atoms. The monoisotopic (exact) mass is 330 g/mol. The van der Waals surface area contributed by atoms with Gasteiger partial charge in [0.05, 0.1) is 13.2 Å². The molecule has 0 aliphatic heterocycles. The average Bonchev–Trinajstić information content (AvgIpc) is 2.59. The van der Waals surface area contributed by atoms with E-state index in [0.717, 1.165) is 25.7 Å². The van der Waals surface area contributed by atoms with Crippen LogP contribution in [0, 0.1) is 11.8 Å². The molecule has 0 atom stereocenters. The molecule has 128 valence electrons. The first-order chi connectivity index (χ1) is 10.6. The Balaban J connectivity index is 1.85. The first-order valence-corrected chi connectivity index (χ1v) is 10.6. The Morgan fingerprint density at radius 3 is 1.64 bits per heavy atom. The van der Waals surface area contributed by atoms with Crippen molar-refractivity contribution in [3.63, 3.8) is 0 Å². The van der Waals surface area contributed by atoms with Gasteiger partial charge in [0.1, 0.15) is 0 Å². The minimum absolute atomic E-state index is 0.215. The van der Waals surface area contributed by atoms with Gasteiger partial charge >= 0.3 is 7.60 Å². The minimum atomic E-state index is -3.58. The zero-order chi connectivity index (χ0) is 15.8. The third-order valence-corrected chi connectivity index (χ3v) is 6.92. The van der Waals surface area contributed by atoms with Gasteiger partial charge in [-0.2, -0.15) is 0 Å². The third kappa shape index (κ3) is 5.47. The van der Waals surface area contributed by atoms with Crippen LogP contribution in [0.2, 0.25) is 0 Å². The van der Waals surface area contributed by atoms with E-state index < -0.39 is 7.60 Å². The van der Waals surface area contributed by atoms with Crippen molar-refractivity contribution in [1.82, 2.24) is 0 Å². The van der Waals surface area contributed by atoms with Crippen molar-refractivity contribution in [1.29, 1.82) is 0 Å². The number of carbonyl (C=O) groups is 1. The van der Waals surface area contributed by atoms with Crippen LogP contribution in [0.3, 0.4) is 0 Å². The lowest BCUT2D eigenvalue weighted by atomic mass is 9.90. The highest BCUT2D eigenvalue weighted by Gasteiger charge is 2.35. The minimum Gasteiger partial charge on any atom is -0.303 e. The van der Waals surface area contributed by atoms with Crippen molar-refractivity contribution in [2.75, 3.05) is 13.2 Å². The smallest absolute Gasteiger partial charge is 0.303 e. The van der Waals surface area contributed by atoms with Crippen LogP contribution < -0.4 is 0 Å². The second-order valence-corrected chi connectivity index (χ2v) is 8.85. The summed E-state index contributed by atoms with van der Waals surface area (Å²) in [7, 11) is -3.58.